The lowest BCUT2D eigenvalue weighted by Crippen LogP contribution is -2.39. The fourth-order valence-corrected chi connectivity index (χ4v) is 4.19. The van der Waals surface area contributed by atoms with Crippen molar-refractivity contribution < 1.29 is 27.4 Å². The molecule has 176 valence electrons. The second-order valence-corrected chi connectivity index (χ2v) is 8.25. The summed E-state index contributed by atoms with van der Waals surface area (Å²) < 4.78 is 57.7. The molecule has 1 aliphatic heterocycles. The van der Waals surface area contributed by atoms with Crippen LogP contribution in [0.3, 0.4) is 0 Å². The van der Waals surface area contributed by atoms with E-state index in [1.165, 1.54) is 0 Å². The molecule has 3 aromatic rings. The molecule has 0 spiro atoms. The molecule has 2 aliphatic rings. The second-order valence-electron chi connectivity index (χ2n) is 8.25. The van der Waals surface area contributed by atoms with Gasteiger partial charge in [-0.2, -0.15) is 18.2 Å². The SMILES string of the molecule is COc1ccc2nnc([C@H]3CCC[C@@H](Nc4ncc(C(F)(F)F)c(OC5COC5)n4)C3)n2c1. The van der Waals surface area contributed by atoms with Gasteiger partial charge in [0, 0.05) is 18.2 Å². The van der Waals surface area contributed by atoms with Gasteiger partial charge in [-0.25, -0.2) is 4.98 Å². The number of pyridine rings is 1. The molecule has 1 saturated heterocycles. The minimum atomic E-state index is -4.61. The summed E-state index contributed by atoms with van der Waals surface area (Å²) in [6, 6.07) is 3.65. The summed E-state index contributed by atoms with van der Waals surface area (Å²) in [5, 5.41) is 11.8. The summed E-state index contributed by atoms with van der Waals surface area (Å²) in [6.45, 7) is 0.483. The first-order valence-corrected chi connectivity index (χ1v) is 10.7. The molecule has 1 N–H and O–H groups in total. The van der Waals surface area contributed by atoms with Crippen LogP contribution < -0.4 is 14.8 Å². The maximum absolute atomic E-state index is 13.4. The Morgan fingerprint density at radius 3 is 2.76 bits per heavy atom. The highest BCUT2D eigenvalue weighted by atomic mass is 19.4. The molecular weight excluding hydrogens is 441 g/mol. The summed E-state index contributed by atoms with van der Waals surface area (Å²) in [4.78, 5) is 7.95. The van der Waals surface area contributed by atoms with Crippen molar-refractivity contribution in [2.45, 2.75) is 49.9 Å². The van der Waals surface area contributed by atoms with Crippen LogP contribution >= 0.6 is 0 Å². The number of anilines is 1. The summed E-state index contributed by atoms with van der Waals surface area (Å²) in [6.07, 6.45) is 0.987. The van der Waals surface area contributed by atoms with Crippen molar-refractivity contribution in [3.05, 3.63) is 35.9 Å². The minimum absolute atomic E-state index is 0.0293. The molecule has 1 aliphatic carbocycles. The van der Waals surface area contributed by atoms with Crippen LogP contribution in [-0.2, 0) is 10.9 Å². The Bertz CT molecular complexity index is 1130. The van der Waals surface area contributed by atoms with Crippen LogP contribution in [0.2, 0.25) is 0 Å². The lowest BCUT2D eigenvalue weighted by atomic mass is 9.85. The van der Waals surface area contributed by atoms with Crippen molar-refractivity contribution in [1.29, 1.82) is 0 Å². The monoisotopic (exact) mass is 464 g/mol. The molecule has 12 heteroatoms. The van der Waals surface area contributed by atoms with Gasteiger partial charge in [-0.3, -0.25) is 4.40 Å². The lowest BCUT2D eigenvalue weighted by Gasteiger charge is -2.30. The third kappa shape index (κ3) is 4.52. The number of aromatic nitrogens is 5. The Hall–Kier alpha value is -3.15. The second kappa shape index (κ2) is 8.65. The number of rotatable bonds is 6. The van der Waals surface area contributed by atoms with Gasteiger partial charge in [0.15, 0.2) is 5.65 Å². The van der Waals surface area contributed by atoms with Crippen molar-refractivity contribution in [3.8, 4) is 11.6 Å². The molecule has 4 heterocycles. The maximum Gasteiger partial charge on any atom is 0.423 e. The van der Waals surface area contributed by atoms with E-state index in [-0.39, 0.29) is 31.1 Å². The molecular formula is C21H23F3N6O3. The van der Waals surface area contributed by atoms with Crippen LogP contribution in [0.1, 0.15) is 43.0 Å². The molecule has 0 aromatic carbocycles. The number of alkyl halides is 3. The van der Waals surface area contributed by atoms with Crippen LogP contribution in [0.25, 0.3) is 5.65 Å². The molecule has 0 unspecified atom stereocenters. The van der Waals surface area contributed by atoms with Crippen molar-refractivity contribution in [3.63, 3.8) is 0 Å². The Morgan fingerprint density at radius 1 is 1.18 bits per heavy atom. The molecule has 9 nitrogen and oxygen atoms in total. The van der Waals surface area contributed by atoms with E-state index < -0.39 is 23.7 Å². The third-order valence-corrected chi connectivity index (χ3v) is 5.95. The van der Waals surface area contributed by atoms with E-state index in [9.17, 15) is 13.2 Å². The van der Waals surface area contributed by atoms with Gasteiger partial charge in [0.2, 0.25) is 11.8 Å². The fourth-order valence-electron chi connectivity index (χ4n) is 4.19. The molecule has 0 amide bonds. The normalized spacial score (nSPS) is 21.6. The standard InChI is InChI=1S/C21H23F3N6O3/c1-31-14-5-6-17-28-29-18(30(17)9-14)12-3-2-4-13(7-12)26-20-25-8-16(21(22,23)24)19(27-20)33-15-10-32-11-15/h5-6,8-9,12-13,15H,2-4,7,10-11H2,1H3,(H,25,26,27)/t12-,13+/m0/s1. The van der Waals surface area contributed by atoms with Gasteiger partial charge in [0.05, 0.1) is 26.5 Å². The molecule has 33 heavy (non-hydrogen) atoms. The quantitative estimate of drug-likeness (QED) is 0.593. The fraction of sp³-hybridized carbons (Fsp3) is 0.524. The predicted molar refractivity (Wildman–Crippen MR) is 110 cm³/mol. The molecule has 3 aromatic heterocycles. The maximum atomic E-state index is 13.4. The number of nitrogens with zero attached hydrogens (tertiary/aromatic N) is 5. The van der Waals surface area contributed by atoms with E-state index in [0.29, 0.717) is 5.75 Å². The smallest absolute Gasteiger partial charge is 0.423 e. The first-order chi connectivity index (χ1) is 15.9. The topological polar surface area (TPSA) is 95.7 Å². The van der Waals surface area contributed by atoms with Gasteiger partial charge in [-0.1, -0.05) is 6.42 Å². The van der Waals surface area contributed by atoms with Crippen molar-refractivity contribution in [1.82, 2.24) is 24.6 Å². The zero-order chi connectivity index (χ0) is 23.0. The van der Waals surface area contributed by atoms with Crippen LogP contribution in [0, 0.1) is 0 Å². The average Bonchev–Trinajstić information content (AvgIpc) is 3.19. The van der Waals surface area contributed by atoms with Gasteiger partial charge in [-0.15, -0.1) is 10.2 Å². The van der Waals surface area contributed by atoms with Gasteiger partial charge < -0.3 is 19.5 Å². The van der Waals surface area contributed by atoms with E-state index in [0.717, 1.165) is 43.4 Å². The minimum Gasteiger partial charge on any atom is -0.495 e. The number of ether oxygens (including phenoxy) is 3. The highest BCUT2D eigenvalue weighted by Crippen LogP contribution is 2.37. The molecule has 2 fully saturated rings. The predicted octanol–water partition coefficient (Wildman–Crippen LogP) is 3.46. The number of hydrogen-bond acceptors (Lipinski definition) is 8. The zero-order valence-electron chi connectivity index (χ0n) is 17.9. The number of methoxy groups -OCH3 is 1. The number of halogens is 3. The van der Waals surface area contributed by atoms with Gasteiger partial charge in [-0.05, 0) is 31.4 Å². The summed E-state index contributed by atoms with van der Waals surface area (Å²) >= 11 is 0. The summed E-state index contributed by atoms with van der Waals surface area (Å²) in [5.74, 6) is 1.29. The number of hydrogen-bond donors (Lipinski definition) is 1. The molecule has 0 radical (unpaired) electrons. The number of fused-ring (bicyclic) bond motifs is 1. The van der Waals surface area contributed by atoms with E-state index in [2.05, 4.69) is 25.5 Å². The number of nitrogens with one attached hydrogen (secondary N) is 1. The van der Waals surface area contributed by atoms with Crippen molar-refractivity contribution in [2.24, 2.45) is 0 Å². The molecule has 2 atom stereocenters. The average molecular weight is 464 g/mol. The van der Waals surface area contributed by atoms with E-state index in [1.807, 2.05) is 22.7 Å². The van der Waals surface area contributed by atoms with E-state index in [4.69, 9.17) is 14.2 Å². The van der Waals surface area contributed by atoms with E-state index >= 15 is 0 Å². The Balaban J connectivity index is 1.34. The molecule has 0 bridgehead atoms. The third-order valence-electron chi connectivity index (χ3n) is 5.95. The summed E-state index contributed by atoms with van der Waals surface area (Å²) in [5.41, 5.74) is -0.265. The van der Waals surface area contributed by atoms with Crippen molar-refractivity contribution >= 4 is 11.6 Å². The largest absolute Gasteiger partial charge is 0.495 e. The van der Waals surface area contributed by atoms with Crippen LogP contribution in [0.5, 0.6) is 11.6 Å². The Kier molecular flexibility index (Phi) is 5.69. The highest BCUT2D eigenvalue weighted by Gasteiger charge is 2.38. The van der Waals surface area contributed by atoms with Gasteiger partial charge >= 0.3 is 6.18 Å². The lowest BCUT2D eigenvalue weighted by molar-refractivity contribution is -0.142. The first-order valence-electron chi connectivity index (χ1n) is 10.7. The van der Waals surface area contributed by atoms with Crippen LogP contribution in [0.15, 0.2) is 24.5 Å². The zero-order valence-corrected chi connectivity index (χ0v) is 17.9. The Morgan fingerprint density at radius 2 is 2.03 bits per heavy atom. The molecule has 5 rings (SSSR count). The van der Waals surface area contributed by atoms with Crippen LogP contribution in [0.4, 0.5) is 19.1 Å². The van der Waals surface area contributed by atoms with Gasteiger partial charge in [0.25, 0.3) is 0 Å². The highest BCUT2D eigenvalue weighted by molar-refractivity contribution is 5.42. The Labute approximate surface area is 187 Å². The first kappa shape index (κ1) is 21.7. The van der Waals surface area contributed by atoms with Crippen LogP contribution in [-0.4, -0.2) is 57.0 Å². The van der Waals surface area contributed by atoms with Gasteiger partial charge in [0.1, 0.15) is 23.2 Å². The van der Waals surface area contributed by atoms with E-state index in [1.54, 1.807) is 7.11 Å². The molecule has 1 saturated carbocycles. The van der Waals surface area contributed by atoms with Crippen molar-refractivity contribution in [2.75, 3.05) is 25.6 Å². The summed E-state index contributed by atoms with van der Waals surface area (Å²) in [7, 11) is 1.60.